The van der Waals surface area contributed by atoms with E-state index in [1.54, 1.807) is 6.20 Å². The van der Waals surface area contributed by atoms with E-state index in [4.69, 9.17) is 0 Å². The summed E-state index contributed by atoms with van der Waals surface area (Å²) in [6.07, 6.45) is 1.74. The number of benzene rings is 1. The summed E-state index contributed by atoms with van der Waals surface area (Å²) in [7, 11) is 0. The number of aromatic nitrogens is 1. The van der Waals surface area contributed by atoms with Crippen LogP contribution in [0.4, 0.5) is 0 Å². The highest BCUT2D eigenvalue weighted by Gasteiger charge is 1.98. The SMILES string of the molecule is C.C.Cc1c[nH]c2ccccc2c1=O. The van der Waals surface area contributed by atoms with E-state index in [0.717, 1.165) is 16.5 Å². The average molecular weight is 191 g/mol. The number of pyridine rings is 1. The molecule has 0 atom stereocenters. The molecule has 0 aliphatic carbocycles. The molecule has 2 heteroatoms. The second kappa shape index (κ2) is 4.61. The highest BCUT2D eigenvalue weighted by molar-refractivity contribution is 5.78. The predicted octanol–water partition coefficient (Wildman–Crippen LogP) is 3.11. The van der Waals surface area contributed by atoms with Gasteiger partial charge in [0.05, 0.1) is 0 Å². The molecule has 0 saturated heterocycles. The second-order valence-electron chi connectivity index (χ2n) is 2.85. The van der Waals surface area contributed by atoms with E-state index in [9.17, 15) is 4.79 Å². The van der Waals surface area contributed by atoms with Crippen molar-refractivity contribution >= 4 is 10.9 Å². The van der Waals surface area contributed by atoms with Gasteiger partial charge in [0, 0.05) is 22.7 Å². The third kappa shape index (κ3) is 1.84. The van der Waals surface area contributed by atoms with Crippen LogP contribution in [-0.2, 0) is 0 Å². The molecule has 1 aromatic heterocycles. The summed E-state index contributed by atoms with van der Waals surface area (Å²) in [6, 6.07) is 7.52. The Morgan fingerprint density at radius 2 is 1.79 bits per heavy atom. The van der Waals surface area contributed by atoms with E-state index in [-0.39, 0.29) is 20.3 Å². The summed E-state index contributed by atoms with van der Waals surface area (Å²) >= 11 is 0. The summed E-state index contributed by atoms with van der Waals surface area (Å²) < 4.78 is 0. The van der Waals surface area contributed by atoms with Crippen LogP contribution in [0.2, 0.25) is 0 Å². The molecule has 0 unspecified atom stereocenters. The fourth-order valence-corrected chi connectivity index (χ4v) is 1.27. The van der Waals surface area contributed by atoms with Gasteiger partial charge in [0.2, 0.25) is 0 Å². The largest absolute Gasteiger partial charge is 0.361 e. The summed E-state index contributed by atoms with van der Waals surface area (Å²) in [5.41, 5.74) is 1.77. The zero-order chi connectivity index (χ0) is 8.55. The molecule has 2 nitrogen and oxygen atoms in total. The minimum Gasteiger partial charge on any atom is -0.361 e. The van der Waals surface area contributed by atoms with E-state index in [1.807, 2.05) is 31.2 Å². The zero-order valence-electron chi connectivity index (χ0n) is 6.79. The fourth-order valence-electron chi connectivity index (χ4n) is 1.27. The van der Waals surface area contributed by atoms with Crippen LogP contribution in [0.15, 0.2) is 35.3 Å². The van der Waals surface area contributed by atoms with Crippen molar-refractivity contribution in [2.45, 2.75) is 21.8 Å². The Hall–Kier alpha value is -1.57. The van der Waals surface area contributed by atoms with Crippen molar-refractivity contribution in [1.82, 2.24) is 4.98 Å². The third-order valence-corrected chi connectivity index (χ3v) is 1.97. The molecule has 1 aromatic carbocycles. The molecule has 0 aliphatic rings. The highest BCUT2D eigenvalue weighted by atomic mass is 16.1. The first kappa shape index (κ1) is 12.4. The Kier molecular flexibility index (Phi) is 4.09. The van der Waals surface area contributed by atoms with Crippen LogP contribution in [0, 0.1) is 6.92 Å². The number of fused-ring (bicyclic) bond motifs is 1. The van der Waals surface area contributed by atoms with Gasteiger partial charge in [0.1, 0.15) is 0 Å². The van der Waals surface area contributed by atoms with Gasteiger partial charge in [0.15, 0.2) is 5.43 Å². The molecule has 0 amide bonds. The summed E-state index contributed by atoms with van der Waals surface area (Å²) in [5.74, 6) is 0. The molecule has 1 heterocycles. The molecule has 0 saturated carbocycles. The van der Waals surface area contributed by atoms with Gasteiger partial charge in [-0.3, -0.25) is 4.79 Å². The van der Waals surface area contributed by atoms with Crippen LogP contribution in [-0.4, -0.2) is 4.98 Å². The smallest absolute Gasteiger partial charge is 0.192 e. The van der Waals surface area contributed by atoms with Crippen LogP contribution >= 0.6 is 0 Å². The number of hydrogen-bond acceptors (Lipinski definition) is 1. The summed E-state index contributed by atoms with van der Waals surface area (Å²) in [4.78, 5) is 14.6. The lowest BCUT2D eigenvalue weighted by Gasteiger charge is -1.96. The van der Waals surface area contributed by atoms with Crippen LogP contribution < -0.4 is 5.43 Å². The monoisotopic (exact) mass is 191 g/mol. The van der Waals surface area contributed by atoms with Crippen LogP contribution in [0.3, 0.4) is 0 Å². The second-order valence-corrected chi connectivity index (χ2v) is 2.85. The van der Waals surface area contributed by atoms with Crippen LogP contribution in [0.5, 0.6) is 0 Å². The van der Waals surface area contributed by atoms with E-state index >= 15 is 0 Å². The van der Waals surface area contributed by atoms with Gasteiger partial charge in [-0.05, 0) is 19.1 Å². The van der Waals surface area contributed by atoms with E-state index in [1.165, 1.54) is 0 Å². The molecule has 0 radical (unpaired) electrons. The van der Waals surface area contributed by atoms with E-state index < -0.39 is 0 Å². The summed E-state index contributed by atoms with van der Waals surface area (Å²) in [5, 5.41) is 0.762. The number of nitrogens with one attached hydrogen (secondary N) is 1. The quantitative estimate of drug-likeness (QED) is 0.682. The lowest BCUT2D eigenvalue weighted by atomic mass is 10.2. The van der Waals surface area contributed by atoms with Crippen molar-refractivity contribution in [2.75, 3.05) is 0 Å². The number of aromatic amines is 1. The molecular formula is C12H17NO. The number of rotatable bonds is 0. The van der Waals surface area contributed by atoms with Crippen molar-refractivity contribution in [1.29, 1.82) is 0 Å². The first-order valence-corrected chi connectivity index (χ1v) is 3.86. The van der Waals surface area contributed by atoms with Gasteiger partial charge in [-0.1, -0.05) is 27.0 Å². The Labute approximate surface area is 84.6 Å². The predicted molar refractivity (Wildman–Crippen MR) is 62.8 cm³/mol. The lowest BCUT2D eigenvalue weighted by Crippen LogP contribution is -2.05. The molecule has 0 spiro atoms. The number of aryl methyl sites for hydroxylation is 1. The highest BCUT2D eigenvalue weighted by Crippen LogP contribution is 2.05. The first-order valence-electron chi connectivity index (χ1n) is 3.86. The number of H-pyrrole nitrogens is 1. The standard InChI is InChI=1S/C10H9NO.2CH4/c1-7-6-11-9-5-3-2-4-8(9)10(7)12;;/h2-6H,1H3,(H,11,12);2*1H4. The number of para-hydroxylation sites is 1. The van der Waals surface area contributed by atoms with Crippen molar-refractivity contribution < 1.29 is 0 Å². The van der Waals surface area contributed by atoms with Gasteiger partial charge in [-0.2, -0.15) is 0 Å². The maximum absolute atomic E-state index is 11.5. The molecule has 14 heavy (non-hydrogen) atoms. The van der Waals surface area contributed by atoms with Gasteiger partial charge < -0.3 is 4.98 Å². The van der Waals surface area contributed by atoms with E-state index in [0.29, 0.717) is 0 Å². The average Bonchev–Trinajstić information content (AvgIpc) is 2.12. The molecule has 2 aromatic rings. The Morgan fingerprint density at radius 3 is 2.50 bits per heavy atom. The first-order chi connectivity index (χ1) is 5.79. The molecule has 2 rings (SSSR count). The van der Waals surface area contributed by atoms with Gasteiger partial charge in [-0.25, -0.2) is 0 Å². The molecule has 0 aliphatic heterocycles. The lowest BCUT2D eigenvalue weighted by molar-refractivity contribution is 1.30. The topological polar surface area (TPSA) is 32.9 Å². The van der Waals surface area contributed by atoms with Gasteiger partial charge in [-0.15, -0.1) is 0 Å². The zero-order valence-corrected chi connectivity index (χ0v) is 6.79. The molecule has 1 N–H and O–H groups in total. The minimum absolute atomic E-state index is 0. The third-order valence-electron chi connectivity index (χ3n) is 1.97. The Balaban J connectivity index is 0.000000845. The Morgan fingerprint density at radius 1 is 1.14 bits per heavy atom. The van der Waals surface area contributed by atoms with Crippen molar-refractivity contribution in [3.05, 3.63) is 46.2 Å². The maximum Gasteiger partial charge on any atom is 0.192 e. The van der Waals surface area contributed by atoms with Crippen LogP contribution in [0.25, 0.3) is 10.9 Å². The van der Waals surface area contributed by atoms with Crippen molar-refractivity contribution in [3.63, 3.8) is 0 Å². The molecule has 76 valence electrons. The van der Waals surface area contributed by atoms with E-state index in [2.05, 4.69) is 4.98 Å². The van der Waals surface area contributed by atoms with Gasteiger partial charge in [0.25, 0.3) is 0 Å². The maximum atomic E-state index is 11.5. The van der Waals surface area contributed by atoms with Crippen molar-refractivity contribution in [3.8, 4) is 0 Å². The normalized spacial score (nSPS) is 8.93. The molecule has 0 fully saturated rings. The minimum atomic E-state index is 0. The Bertz CT molecular complexity index is 471. The molecular weight excluding hydrogens is 174 g/mol. The fraction of sp³-hybridized carbons (Fsp3) is 0.250. The number of hydrogen-bond donors (Lipinski definition) is 1. The molecule has 0 bridgehead atoms. The summed E-state index contributed by atoms with van der Waals surface area (Å²) in [6.45, 7) is 1.81. The van der Waals surface area contributed by atoms with Gasteiger partial charge >= 0.3 is 0 Å². The van der Waals surface area contributed by atoms with Crippen molar-refractivity contribution in [2.24, 2.45) is 0 Å². The van der Waals surface area contributed by atoms with Crippen LogP contribution in [0.1, 0.15) is 20.4 Å².